The molecule has 0 aliphatic carbocycles. The first kappa shape index (κ1) is 20.0. The van der Waals surface area contributed by atoms with Crippen LogP contribution in [0.2, 0.25) is 0 Å². The molecule has 0 spiro atoms. The molecule has 0 atom stereocenters. The lowest BCUT2D eigenvalue weighted by Crippen LogP contribution is -2.54. The molecular weight excluding hydrogens is 399 g/mol. The summed E-state index contributed by atoms with van der Waals surface area (Å²) >= 11 is 0. The Labute approximate surface area is 177 Å². The topological polar surface area (TPSA) is 86.7 Å². The fourth-order valence-corrected chi connectivity index (χ4v) is 3.33. The van der Waals surface area contributed by atoms with Gasteiger partial charge >= 0.3 is 6.03 Å². The van der Waals surface area contributed by atoms with Crippen LogP contribution in [-0.4, -0.2) is 23.0 Å². The van der Waals surface area contributed by atoms with Crippen LogP contribution in [0.25, 0.3) is 6.08 Å². The van der Waals surface area contributed by atoms with E-state index in [9.17, 15) is 23.9 Å². The number of nitrogens with one attached hydrogen (secondary N) is 1. The Kier molecular flexibility index (Phi) is 5.32. The van der Waals surface area contributed by atoms with Crippen LogP contribution in [0.3, 0.4) is 0 Å². The van der Waals surface area contributed by atoms with Crippen molar-refractivity contribution in [1.82, 2.24) is 5.32 Å². The van der Waals surface area contributed by atoms with Gasteiger partial charge in [0, 0.05) is 6.42 Å². The van der Waals surface area contributed by atoms with Gasteiger partial charge < -0.3 is 5.11 Å². The summed E-state index contributed by atoms with van der Waals surface area (Å²) in [7, 11) is 0. The molecule has 1 aliphatic heterocycles. The number of carbonyl (C=O) groups is 3. The molecule has 4 rings (SSSR count). The van der Waals surface area contributed by atoms with E-state index in [1.165, 1.54) is 36.4 Å². The third kappa shape index (κ3) is 4.06. The van der Waals surface area contributed by atoms with Crippen molar-refractivity contribution in [3.05, 3.63) is 101 Å². The molecule has 7 heteroatoms. The molecule has 1 aliphatic rings. The molecule has 4 amide bonds. The van der Waals surface area contributed by atoms with E-state index in [0.29, 0.717) is 16.7 Å². The second-order valence-electron chi connectivity index (χ2n) is 6.94. The normalized spacial score (nSPS) is 15.3. The average molecular weight is 416 g/mol. The van der Waals surface area contributed by atoms with Gasteiger partial charge in [-0.15, -0.1) is 0 Å². The van der Waals surface area contributed by atoms with Gasteiger partial charge in [0.2, 0.25) is 0 Å². The molecule has 31 heavy (non-hydrogen) atoms. The molecule has 3 aromatic carbocycles. The first-order valence-electron chi connectivity index (χ1n) is 9.46. The molecule has 1 fully saturated rings. The van der Waals surface area contributed by atoms with Gasteiger partial charge in [-0.25, -0.2) is 14.1 Å². The van der Waals surface area contributed by atoms with Crippen LogP contribution in [0.1, 0.15) is 16.7 Å². The number of rotatable bonds is 4. The lowest BCUT2D eigenvalue weighted by Gasteiger charge is -2.26. The third-order valence-corrected chi connectivity index (χ3v) is 4.90. The minimum Gasteiger partial charge on any atom is -0.508 e. The third-order valence-electron chi connectivity index (χ3n) is 4.90. The van der Waals surface area contributed by atoms with Gasteiger partial charge in [0.15, 0.2) is 0 Å². The summed E-state index contributed by atoms with van der Waals surface area (Å²) in [6, 6.07) is 18.0. The molecule has 0 unspecified atom stereocenters. The maximum Gasteiger partial charge on any atom is 0.335 e. The molecular formula is C24H17FN2O4. The number of hydrogen-bond donors (Lipinski definition) is 2. The van der Waals surface area contributed by atoms with Crippen molar-refractivity contribution in [1.29, 1.82) is 0 Å². The number of benzene rings is 3. The summed E-state index contributed by atoms with van der Waals surface area (Å²) in [4.78, 5) is 38.6. The van der Waals surface area contributed by atoms with Crippen molar-refractivity contribution < 1.29 is 23.9 Å². The predicted molar refractivity (Wildman–Crippen MR) is 113 cm³/mol. The molecule has 3 aromatic rings. The van der Waals surface area contributed by atoms with Gasteiger partial charge in [0.1, 0.15) is 17.1 Å². The fourth-order valence-electron chi connectivity index (χ4n) is 3.33. The molecule has 0 radical (unpaired) electrons. The van der Waals surface area contributed by atoms with E-state index >= 15 is 0 Å². The van der Waals surface area contributed by atoms with Crippen LogP contribution in [0.4, 0.5) is 14.9 Å². The van der Waals surface area contributed by atoms with E-state index in [1.54, 1.807) is 42.5 Å². The number of aromatic hydroxyl groups is 1. The number of imide groups is 2. The average Bonchev–Trinajstić information content (AvgIpc) is 2.75. The maximum absolute atomic E-state index is 14.1. The predicted octanol–water partition coefficient (Wildman–Crippen LogP) is 3.79. The van der Waals surface area contributed by atoms with Crippen LogP contribution in [-0.2, 0) is 16.0 Å². The summed E-state index contributed by atoms with van der Waals surface area (Å²) in [6.45, 7) is 0. The zero-order chi connectivity index (χ0) is 22.0. The summed E-state index contributed by atoms with van der Waals surface area (Å²) < 4.78 is 14.1. The number of anilines is 1. The van der Waals surface area contributed by atoms with Gasteiger partial charge in [-0.1, -0.05) is 42.5 Å². The largest absolute Gasteiger partial charge is 0.508 e. The van der Waals surface area contributed by atoms with E-state index < -0.39 is 17.8 Å². The van der Waals surface area contributed by atoms with E-state index in [0.717, 1.165) is 4.90 Å². The van der Waals surface area contributed by atoms with E-state index in [1.807, 2.05) is 0 Å². The molecule has 0 aromatic heterocycles. The minimum atomic E-state index is -0.877. The molecule has 154 valence electrons. The molecule has 1 heterocycles. The highest BCUT2D eigenvalue weighted by molar-refractivity contribution is 6.39. The molecule has 6 nitrogen and oxygen atoms in total. The zero-order valence-electron chi connectivity index (χ0n) is 16.2. The molecule has 0 bridgehead atoms. The van der Waals surface area contributed by atoms with Crippen LogP contribution >= 0.6 is 0 Å². The van der Waals surface area contributed by atoms with Gasteiger partial charge in [0.05, 0.1) is 5.69 Å². The number of barbiturate groups is 1. The Morgan fingerprint density at radius 3 is 2.23 bits per heavy atom. The number of halogens is 1. The van der Waals surface area contributed by atoms with Crippen molar-refractivity contribution >= 4 is 29.6 Å². The van der Waals surface area contributed by atoms with Crippen LogP contribution in [0.15, 0.2) is 78.4 Å². The van der Waals surface area contributed by atoms with Gasteiger partial charge in [-0.2, -0.15) is 0 Å². The highest BCUT2D eigenvalue weighted by Crippen LogP contribution is 2.25. The lowest BCUT2D eigenvalue weighted by atomic mass is 9.97. The second kappa shape index (κ2) is 8.23. The summed E-state index contributed by atoms with van der Waals surface area (Å²) in [5.74, 6) is -1.98. The Morgan fingerprint density at radius 2 is 1.52 bits per heavy atom. The van der Waals surface area contributed by atoms with Crippen molar-refractivity contribution in [2.45, 2.75) is 6.42 Å². The molecule has 2 N–H and O–H groups in total. The van der Waals surface area contributed by atoms with Crippen LogP contribution in [0.5, 0.6) is 5.75 Å². The van der Waals surface area contributed by atoms with Crippen molar-refractivity contribution in [3.63, 3.8) is 0 Å². The van der Waals surface area contributed by atoms with Crippen molar-refractivity contribution in [2.24, 2.45) is 0 Å². The Hall–Kier alpha value is -4.26. The summed E-state index contributed by atoms with van der Waals surface area (Å²) in [5.41, 5.74) is 1.73. The van der Waals surface area contributed by atoms with Crippen molar-refractivity contribution in [3.8, 4) is 5.75 Å². The highest BCUT2D eigenvalue weighted by atomic mass is 19.1. The summed E-state index contributed by atoms with van der Waals surface area (Å²) in [6.07, 6.45) is 1.66. The fraction of sp³-hybridized carbons (Fsp3) is 0.0417. The first-order valence-corrected chi connectivity index (χ1v) is 9.46. The van der Waals surface area contributed by atoms with Crippen LogP contribution in [0, 0.1) is 5.82 Å². The zero-order valence-corrected chi connectivity index (χ0v) is 16.2. The highest BCUT2D eigenvalue weighted by Gasteiger charge is 2.36. The number of urea groups is 1. The quantitative estimate of drug-likeness (QED) is 0.501. The number of phenolic OH excluding ortho intramolecular Hbond substituents is 1. The first-order chi connectivity index (χ1) is 14.9. The molecule has 1 saturated heterocycles. The molecule has 0 saturated carbocycles. The smallest absolute Gasteiger partial charge is 0.335 e. The van der Waals surface area contributed by atoms with Crippen molar-refractivity contribution in [2.75, 3.05) is 4.90 Å². The van der Waals surface area contributed by atoms with E-state index in [-0.39, 0.29) is 29.2 Å². The summed E-state index contributed by atoms with van der Waals surface area (Å²) in [5, 5.41) is 11.6. The number of amides is 4. The van der Waals surface area contributed by atoms with Gasteiger partial charge in [-0.3, -0.25) is 14.9 Å². The van der Waals surface area contributed by atoms with Gasteiger partial charge in [0.25, 0.3) is 11.8 Å². The number of nitrogens with zero attached hydrogens (tertiary/aromatic N) is 1. The maximum atomic E-state index is 14.1. The van der Waals surface area contributed by atoms with E-state index in [4.69, 9.17) is 0 Å². The number of phenols is 1. The monoisotopic (exact) mass is 416 g/mol. The Morgan fingerprint density at radius 1 is 0.871 bits per heavy atom. The van der Waals surface area contributed by atoms with E-state index in [2.05, 4.69) is 5.32 Å². The standard InChI is InChI=1S/C24H17FN2O4/c25-21-8-4-3-7-17(21)13-15-5-1-2-6-16(15)14-20-22(29)26-24(31)27(23(20)30)18-9-11-19(28)12-10-18/h1-12,14,28H,13H2,(H,26,29,31)/b20-14+. The Balaban J connectivity index is 1.71. The second-order valence-corrected chi connectivity index (χ2v) is 6.94. The number of carbonyl (C=O) groups excluding carboxylic acids is 3. The lowest BCUT2D eigenvalue weighted by molar-refractivity contribution is -0.122. The number of hydrogen-bond acceptors (Lipinski definition) is 4. The Bertz CT molecular complexity index is 1220. The minimum absolute atomic E-state index is 0.0254. The van der Waals surface area contributed by atoms with Crippen LogP contribution < -0.4 is 10.2 Å². The SMILES string of the molecule is O=C1NC(=O)N(c2ccc(O)cc2)C(=O)/C1=C/c1ccccc1Cc1ccccc1F. The van der Waals surface area contributed by atoms with Gasteiger partial charge in [-0.05, 0) is 53.1 Å².